The molecule has 0 heterocycles. The molecule has 0 aliphatic heterocycles. The Balaban J connectivity index is 4.33. The van der Waals surface area contributed by atoms with Gasteiger partial charge in [0.25, 0.3) is 0 Å². The SMILES string of the molecule is CCC(C)CCCCCCCCCCCCC(=O)OC[C@H](COC(=O)CCCCCCCCCCCCCC(C)C)OC(=O)CCCCCCCCCCCCCCCC(C)C. The van der Waals surface area contributed by atoms with E-state index in [2.05, 4.69) is 41.5 Å². The topological polar surface area (TPSA) is 78.9 Å². The Morgan fingerprint density at radius 1 is 0.323 bits per heavy atom. The Kier molecular flexibility index (Phi) is 46.2. The fourth-order valence-electron chi connectivity index (χ4n) is 8.44. The zero-order chi connectivity index (χ0) is 45.6. The predicted octanol–water partition coefficient (Wildman–Crippen LogP) is 17.9. The lowest BCUT2D eigenvalue weighted by molar-refractivity contribution is -0.167. The van der Waals surface area contributed by atoms with Crippen molar-refractivity contribution in [1.82, 2.24) is 0 Å². The third-order valence-corrected chi connectivity index (χ3v) is 13.0. The molecule has 0 saturated heterocycles. The Hall–Kier alpha value is -1.59. The van der Waals surface area contributed by atoms with E-state index in [4.69, 9.17) is 14.2 Å². The third-order valence-electron chi connectivity index (χ3n) is 13.0. The van der Waals surface area contributed by atoms with E-state index < -0.39 is 6.10 Å². The molecule has 368 valence electrons. The summed E-state index contributed by atoms with van der Waals surface area (Å²) < 4.78 is 16.9. The predicted molar refractivity (Wildman–Crippen MR) is 266 cm³/mol. The second kappa shape index (κ2) is 47.4. The van der Waals surface area contributed by atoms with Gasteiger partial charge in [-0.3, -0.25) is 14.4 Å². The van der Waals surface area contributed by atoms with Crippen LogP contribution in [-0.4, -0.2) is 37.2 Å². The zero-order valence-electron chi connectivity index (χ0n) is 42.7. The molecule has 0 N–H and O–H groups in total. The van der Waals surface area contributed by atoms with Crippen LogP contribution >= 0.6 is 0 Å². The molecular weight excluding hydrogens is 769 g/mol. The van der Waals surface area contributed by atoms with Crippen LogP contribution in [0.4, 0.5) is 0 Å². The largest absolute Gasteiger partial charge is 0.462 e. The standard InChI is InChI=1S/C56H108O6/c1-7-52(6)44-38-32-26-20-16-17-22-28-34-40-46-55(58)61-49-53(48-60-54(57)45-39-33-27-21-15-11-13-19-25-31-37-43-51(4)5)62-56(59)47-41-35-29-23-14-10-8-9-12-18-24-30-36-42-50(2)3/h50-53H,7-49H2,1-6H3/t52?,53-/m0/s1. The summed E-state index contributed by atoms with van der Waals surface area (Å²) >= 11 is 0. The lowest BCUT2D eigenvalue weighted by atomic mass is 9.99. The minimum Gasteiger partial charge on any atom is -0.462 e. The normalized spacial score (nSPS) is 12.6. The summed E-state index contributed by atoms with van der Waals surface area (Å²) in [6, 6.07) is 0. The molecule has 0 saturated carbocycles. The van der Waals surface area contributed by atoms with E-state index in [0.29, 0.717) is 19.3 Å². The number of hydrogen-bond donors (Lipinski definition) is 0. The average molecular weight is 877 g/mol. The molecule has 0 radical (unpaired) electrons. The van der Waals surface area contributed by atoms with Gasteiger partial charge in [-0.1, -0.05) is 266 Å². The maximum Gasteiger partial charge on any atom is 0.306 e. The molecule has 0 rings (SSSR count). The second-order valence-electron chi connectivity index (χ2n) is 20.4. The van der Waals surface area contributed by atoms with Crippen molar-refractivity contribution >= 4 is 17.9 Å². The zero-order valence-corrected chi connectivity index (χ0v) is 42.7. The van der Waals surface area contributed by atoms with Crippen molar-refractivity contribution in [2.24, 2.45) is 17.8 Å². The highest BCUT2D eigenvalue weighted by Gasteiger charge is 2.19. The van der Waals surface area contributed by atoms with Crippen LogP contribution in [0.1, 0.15) is 305 Å². The van der Waals surface area contributed by atoms with Gasteiger partial charge in [-0.2, -0.15) is 0 Å². The highest BCUT2D eigenvalue weighted by atomic mass is 16.6. The van der Waals surface area contributed by atoms with Gasteiger partial charge in [-0.05, 0) is 37.0 Å². The average Bonchev–Trinajstić information content (AvgIpc) is 3.24. The van der Waals surface area contributed by atoms with Crippen molar-refractivity contribution < 1.29 is 28.6 Å². The second-order valence-corrected chi connectivity index (χ2v) is 20.4. The van der Waals surface area contributed by atoms with Gasteiger partial charge in [0.05, 0.1) is 0 Å². The van der Waals surface area contributed by atoms with Gasteiger partial charge in [0.15, 0.2) is 6.10 Å². The maximum absolute atomic E-state index is 12.8. The molecule has 0 aromatic heterocycles. The van der Waals surface area contributed by atoms with Gasteiger partial charge < -0.3 is 14.2 Å². The molecular formula is C56H108O6. The van der Waals surface area contributed by atoms with Crippen molar-refractivity contribution in [1.29, 1.82) is 0 Å². The van der Waals surface area contributed by atoms with Crippen LogP contribution in [0, 0.1) is 17.8 Å². The molecule has 0 fully saturated rings. The van der Waals surface area contributed by atoms with Gasteiger partial charge in [0, 0.05) is 19.3 Å². The van der Waals surface area contributed by atoms with Crippen LogP contribution in [-0.2, 0) is 28.6 Å². The lowest BCUT2D eigenvalue weighted by Gasteiger charge is -2.18. The Morgan fingerprint density at radius 2 is 0.565 bits per heavy atom. The van der Waals surface area contributed by atoms with Crippen LogP contribution in [0.15, 0.2) is 0 Å². The van der Waals surface area contributed by atoms with E-state index in [0.717, 1.165) is 75.5 Å². The maximum atomic E-state index is 12.8. The summed E-state index contributed by atoms with van der Waals surface area (Å²) in [6.45, 7) is 13.8. The van der Waals surface area contributed by atoms with Gasteiger partial charge >= 0.3 is 17.9 Å². The molecule has 62 heavy (non-hydrogen) atoms. The van der Waals surface area contributed by atoms with E-state index in [1.165, 1.54) is 186 Å². The number of hydrogen-bond acceptors (Lipinski definition) is 6. The van der Waals surface area contributed by atoms with Gasteiger partial charge in [-0.15, -0.1) is 0 Å². The number of unbranched alkanes of at least 4 members (excludes halogenated alkanes) is 31. The summed E-state index contributed by atoms with van der Waals surface area (Å²) in [5.74, 6) is 1.69. The van der Waals surface area contributed by atoms with E-state index in [1.807, 2.05) is 0 Å². The molecule has 0 aliphatic rings. The summed E-state index contributed by atoms with van der Waals surface area (Å²) in [6.07, 6.45) is 48.0. The Labute approximate surface area is 387 Å². The Morgan fingerprint density at radius 3 is 0.839 bits per heavy atom. The van der Waals surface area contributed by atoms with Crippen LogP contribution in [0.5, 0.6) is 0 Å². The molecule has 0 aliphatic carbocycles. The third kappa shape index (κ3) is 47.9. The number of rotatable bonds is 49. The number of carbonyl (C=O) groups is 3. The van der Waals surface area contributed by atoms with E-state index in [9.17, 15) is 14.4 Å². The number of esters is 3. The van der Waals surface area contributed by atoms with Crippen molar-refractivity contribution in [2.45, 2.75) is 311 Å². The van der Waals surface area contributed by atoms with Crippen molar-refractivity contribution in [3.63, 3.8) is 0 Å². The first-order valence-electron chi connectivity index (χ1n) is 27.6. The highest BCUT2D eigenvalue weighted by Crippen LogP contribution is 2.18. The van der Waals surface area contributed by atoms with Gasteiger partial charge in [0.1, 0.15) is 13.2 Å². The van der Waals surface area contributed by atoms with E-state index in [1.54, 1.807) is 0 Å². The summed E-state index contributed by atoms with van der Waals surface area (Å²) in [5, 5.41) is 0. The summed E-state index contributed by atoms with van der Waals surface area (Å²) in [5.41, 5.74) is 0. The fraction of sp³-hybridized carbons (Fsp3) is 0.946. The van der Waals surface area contributed by atoms with Crippen LogP contribution < -0.4 is 0 Å². The molecule has 6 nitrogen and oxygen atoms in total. The minimum atomic E-state index is -0.763. The van der Waals surface area contributed by atoms with Gasteiger partial charge in [-0.25, -0.2) is 0 Å². The monoisotopic (exact) mass is 877 g/mol. The van der Waals surface area contributed by atoms with E-state index >= 15 is 0 Å². The van der Waals surface area contributed by atoms with Crippen LogP contribution in [0.25, 0.3) is 0 Å². The summed E-state index contributed by atoms with van der Waals surface area (Å²) in [4.78, 5) is 38.1. The first-order valence-corrected chi connectivity index (χ1v) is 27.6. The Bertz CT molecular complexity index is 962. The van der Waals surface area contributed by atoms with Gasteiger partial charge in [0.2, 0.25) is 0 Å². The van der Waals surface area contributed by atoms with Crippen LogP contribution in [0.3, 0.4) is 0 Å². The fourth-order valence-corrected chi connectivity index (χ4v) is 8.44. The molecule has 0 bridgehead atoms. The van der Waals surface area contributed by atoms with Crippen molar-refractivity contribution in [2.75, 3.05) is 13.2 Å². The quantitative estimate of drug-likeness (QED) is 0.0344. The minimum absolute atomic E-state index is 0.0642. The molecule has 0 aromatic rings. The molecule has 0 aromatic carbocycles. The first-order chi connectivity index (χ1) is 30.1. The highest BCUT2D eigenvalue weighted by molar-refractivity contribution is 5.71. The summed E-state index contributed by atoms with van der Waals surface area (Å²) in [7, 11) is 0. The number of ether oxygens (including phenoxy) is 3. The number of carbonyl (C=O) groups excluding carboxylic acids is 3. The molecule has 0 spiro atoms. The molecule has 2 atom stereocenters. The molecule has 6 heteroatoms. The first kappa shape index (κ1) is 60.4. The van der Waals surface area contributed by atoms with Crippen molar-refractivity contribution in [3.8, 4) is 0 Å². The lowest BCUT2D eigenvalue weighted by Crippen LogP contribution is -2.30. The molecule has 1 unspecified atom stereocenters. The van der Waals surface area contributed by atoms with Crippen molar-refractivity contribution in [3.05, 3.63) is 0 Å². The molecule has 0 amide bonds. The van der Waals surface area contributed by atoms with E-state index in [-0.39, 0.29) is 31.1 Å². The smallest absolute Gasteiger partial charge is 0.306 e. The van der Waals surface area contributed by atoms with Crippen LogP contribution in [0.2, 0.25) is 0 Å².